The Morgan fingerprint density at radius 2 is 2.33 bits per heavy atom. The molecular formula is C11H19N3S. The number of anilines is 1. The average Bonchev–Trinajstić information content (AvgIpc) is 2.58. The van der Waals surface area contributed by atoms with E-state index >= 15 is 0 Å². The summed E-state index contributed by atoms with van der Waals surface area (Å²) in [6.07, 6.45) is 1.31. The van der Waals surface area contributed by atoms with Gasteiger partial charge in [0.2, 0.25) is 0 Å². The molecule has 84 valence electrons. The predicted octanol–water partition coefficient (Wildman–Crippen LogP) is 2.20. The maximum atomic E-state index is 5.62. The molecule has 2 rings (SSSR count). The van der Waals surface area contributed by atoms with Crippen LogP contribution in [0.15, 0.2) is 5.38 Å². The van der Waals surface area contributed by atoms with E-state index in [0.717, 1.165) is 24.1 Å². The number of piperidine rings is 1. The molecule has 2 N–H and O–H groups in total. The van der Waals surface area contributed by atoms with E-state index in [1.807, 2.05) is 0 Å². The summed E-state index contributed by atoms with van der Waals surface area (Å²) < 4.78 is 0. The van der Waals surface area contributed by atoms with Gasteiger partial charge in [-0.3, -0.25) is 4.90 Å². The van der Waals surface area contributed by atoms with Crippen molar-refractivity contribution in [1.82, 2.24) is 9.88 Å². The van der Waals surface area contributed by atoms with E-state index < -0.39 is 0 Å². The zero-order chi connectivity index (χ0) is 10.8. The quantitative estimate of drug-likeness (QED) is 0.839. The summed E-state index contributed by atoms with van der Waals surface area (Å²) in [5, 5.41) is 2.75. The second-order valence-corrected chi connectivity index (χ2v) is 5.55. The zero-order valence-corrected chi connectivity index (χ0v) is 10.3. The van der Waals surface area contributed by atoms with Gasteiger partial charge in [0.15, 0.2) is 5.13 Å². The summed E-state index contributed by atoms with van der Waals surface area (Å²) in [4.78, 5) is 6.79. The first-order valence-corrected chi connectivity index (χ1v) is 6.45. The maximum Gasteiger partial charge on any atom is 0.180 e. The molecule has 2 atom stereocenters. The van der Waals surface area contributed by atoms with Gasteiger partial charge in [0, 0.05) is 18.5 Å². The lowest BCUT2D eigenvalue weighted by Gasteiger charge is -2.34. The third kappa shape index (κ3) is 2.69. The van der Waals surface area contributed by atoms with Crippen molar-refractivity contribution in [2.75, 3.05) is 18.8 Å². The summed E-state index contributed by atoms with van der Waals surface area (Å²) in [7, 11) is 0. The van der Waals surface area contributed by atoms with Gasteiger partial charge in [0.05, 0.1) is 5.69 Å². The number of nitrogens with zero attached hydrogens (tertiary/aromatic N) is 2. The molecule has 0 saturated carbocycles. The molecule has 1 saturated heterocycles. The van der Waals surface area contributed by atoms with Crippen molar-refractivity contribution in [3.05, 3.63) is 11.1 Å². The van der Waals surface area contributed by atoms with Gasteiger partial charge in [0.1, 0.15) is 0 Å². The highest BCUT2D eigenvalue weighted by atomic mass is 32.1. The summed E-state index contributed by atoms with van der Waals surface area (Å²) in [6.45, 7) is 8.04. The van der Waals surface area contributed by atoms with E-state index in [1.165, 1.54) is 30.8 Å². The minimum absolute atomic E-state index is 0.684. The molecule has 1 aliphatic heterocycles. The molecule has 1 aromatic rings. The van der Waals surface area contributed by atoms with Crippen molar-refractivity contribution in [2.45, 2.75) is 26.8 Å². The molecule has 0 aromatic carbocycles. The molecule has 0 bridgehead atoms. The number of likely N-dealkylation sites (tertiary alicyclic amines) is 1. The van der Waals surface area contributed by atoms with Gasteiger partial charge in [0.25, 0.3) is 0 Å². The average molecular weight is 225 g/mol. The fraction of sp³-hybridized carbons (Fsp3) is 0.727. The third-order valence-electron chi connectivity index (χ3n) is 3.37. The van der Waals surface area contributed by atoms with Crippen LogP contribution < -0.4 is 5.73 Å². The number of hydrogen-bond acceptors (Lipinski definition) is 4. The van der Waals surface area contributed by atoms with Crippen LogP contribution in [-0.4, -0.2) is 23.0 Å². The Morgan fingerprint density at radius 1 is 1.53 bits per heavy atom. The highest BCUT2D eigenvalue weighted by molar-refractivity contribution is 7.13. The first-order chi connectivity index (χ1) is 7.15. The highest BCUT2D eigenvalue weighted by Crippen LogP contribution is 2.24. The standard InChI is InChI=1S/C11H19N3S/c1-8-3-4-14(5-9(8)2)6-10-7-15-11(12)13-10/h7-9H,3-6H2,1-2H3,(H2,12,13). The molecule has 2 unspecified atom stereocenters. The zero-order valence-electron chi connectivity index (χ0n) is 9.44. The summed E-state index contributed by atoms with van der Waals surface area (Å²) in [5.41, 5.74) is 6.75. The molecule has 2 heterocycles. The van der Waals surface area contributed by atoms with E-state index in [1.54, 1.807) is 0 Å². The van der Waals surface area contributed by atoms with E-state index in [0.29, 0.717) is 5.13 Å². The number of nitrogen functional groups attached to an aromatic ring is 1. The second-order valence-electron chi connectivity index (χ2n) is 4.66. The molecule has 15 heavy (non-hydrogen) atoms. The van der Waals surface area contributed by atoms with Crippen molar-refractivity contribution in [2.24, 2.45) is 11.8 Å². The fourth-order valence-electron chi connectivity index (χ4n) is 2.12. The van der Waals surface area contributed by atoms with Crippen LogP contribution in [0, 0.1) is 11.8 Å². The van der Waals surface area contributed by atoms with Gasteiger partial charge in [-0.1, -0.05) is 13.8 Å². The van der Waals surface area contributed by atoms with Gasteiger partial charge < -0.3 is 5.73 Å². The Balaban J connectivity index is 1.90. The van der Waals surface area contributed by atoms with E-state index in [4.69, 9.17) is 5.73 Å². The molecule has 0 amide bonds. The van der Waals surface area contributed by atoms with E-state index in [2.05, 4.69) is 29.1 Å². The lowest BCUT2D eigenvalue weighted by molar-refractivity contribution is 0.131. The van der Waals surface area contributed by atoms with Crippen LogP contribution in [0.25, 0.3) is 0 Å². The highest BCUT2D eigenvalue weighted by Gasteiger charge is 2.22. The van der Waals surface area contributed by atoms with E-state index in [9.17, 15) is 0 Å². The summed E-state index contributed by atoms with van der Waals surface area (Å²) in [5.74, 6) is 1.66. The first-order valence-electron chi connectivity index (χ1n) is 5.57. The van der Waals surface area contributed by atoms with Gasteiger partial charge in [-0.25, -0.2) is 4.98 Å². The van der Waals surface area contributed by atoms with Crippen molar-refractivity contribution in [3.63, 3.8) is 0 Å². The Kier molecular flexibility index (Phi) is 3.26. The summed E-state index contributed by atoms with van der Waals surface area (Å²) >= 11 is 1.53. The molecule has 4 heteroatoms. The number of hydrogen-bond donors (Lipinski definition) is 1. The lowest BCUT2D eigenvalue weighted by atomic mass is 9.89. The van der Waals surface area contributed by atoms with Crippen LogP contribution in [0.5, 0.6) is 0 Å². The number of thiazole rings is 1. The van der Waals surface area contributed by atoms with Crippen LogP contribution >= 0.6 is 11.3 Å². The minimum Gasteiger partial charge on any atom is -0.375 e. The topological polar surface area (TPSA) is 42.1 Å². The molecule has 1 aliphatic rings. The van der Waals surface area contributed by atoms with Crippen LogP contribution in [0.3, 0.4) is 0 Å². The van der Waals surface area contributed by atoms with E-state index in [-0.39, 0.29) is 0 Å². The summed E-state index contributed by atoms with van der Waals surface area (Å²) in [6, 6.07) is 0. The van der Waals surface area contributed by atoms with Gasteiger partial charge >= 0.3 is 0 Å². The maximum absolute atomic E-state index is 5.62. The predicted molar refractivity (Wildman–Crippen MR) is 64.7 cm³/mol. The lowest BCUT2D eigenvalue weighted by Crippen LogP contribution is -2.37. The Hall–Kier alpha value is -0.610. The Bertz CT molecular complexity index is 323. The van der Waals surface area contributed by atoms with Crippen LogP contribution in [-0.2, 0) is 6.54 Å². The van der Waals surface area contributed by atoms with Crippen LogP contribution in [0.4, 0.5) is 5.13 Å². The van der Waals surface area contributed by atoms with Gasteiger partial charge in [-0.15, -0.1) is 11.3 Å². The number of nitrogens with two attached hydrogens (primary N) is 1. The SMILES string of the molecule is CC1CCN(Cc2csc(N)n2)CC1C. The largest absolute Gasteiger partial charge is 0.375 e. The Labute approximate surface area is 95.3 Å². The fourth-order valence-corrected chi connectivity index (χ4v) is 2.67. The molecule has 0 aliphatic carbocycles. The molecular weight excluding hydrogens is 206 g/mol. The van der Waals surface area contributed by atoms with Gasteiger partial charge in [-0.05, 0) is 24.8 Å². The normalized spacial score (nSPS) is 28.1. The molecule has 0 spiro atoms. The van der Waals surface area contributed by atoms with Gasteiger partial charge in [-0.2, -0.15) is 0 Å². The van der Waals surface area contributed by atoms with Crippen molar-refractivity contribution >= 4 is 16.5 Å². The van der Waals surface area contributed by atoms with Crippen LogP contribution in [0.1, 0.15) is 26.0 Å². The Morgan fingerprint density at radius 3 is 2.93 bits per heavy atom. The minimum atomic E-state index is 0.684. The molecule has 1 aromatic heterocycles. The monoisotopic (exact) mass is 225 g/mol. The first kappa shape index (κ1) is 10.9. The smallest absolute Gasteiger partial charge is 0.180 e. The van der Waals surface area contributed by atoms with Crippen molar-refractivity contribution in [1.29, 1.82) is 0 Å². The van der Waals surface area contributed by atoms with Crippen molar-refractivity contribution in [3.8, 4) is 0 Å². The molecule has 0 radical (unpaired) electrons. The molecule has 1 fully saturated rings. The second kappa shape index (κ2) is 4.49. The van der Waals surface area contributed by atoms with Crippen molar-refractivity contribution < 1.29 is 0 Å². The van der Waals surface area contributed by atoms with Crippen LogP contribution in [0.2, 0.25) is 0 Å². The number of aromatic nitrogens is 1. The molecule has 3 nitrogen and oxygen atoms in total. The third-order valence-corrected chi connectivity index (χ3v) is 4.10. The number of rotatable bonds is 2.